The van der Waals surface area contributed by atoms with Crippen LogP contribution in [-0.4, -0.2) is 38.9 Å². The van der Waals surface area contributed by atoms with Crippen molar-refractivity contribution in [2.75, 3.05) is 20.1 Å². The zero-order valence-corrected chi connectivity index (χ0v) is 13.1. The highest BCUT2D eigenvalue weighted by Crippen LogP contribution is 2.17. The van der Waals surface area contributed by atoms with Gasteiger partial charge >= 0.3 is 0 Å². The van der Waals surface area contributed by atoms with Gasteiger partial charge in [-0.3, -0.25) is 0 Å². The van der Waals surface area contributed by atoms with E-state index >= 15 is 0 Å². The fourth-order valence-electron chi connectivity index (χ4n) is 2.52. The molecule has 5 heteroatoms. The topological polar surface area (TPSA) is 49.4 Å². The van der Waals surface area contributed by atoms with Crippen LogP contribution in [-0.2, 0) is 10.0 Å². The Kier molecular flexibility index (Phi) is 5.18. The van der Waals surface area contributed by atoms with E-state index in [1.165, 1.54) is 17.1 Å². The molecule has 1 aromatic rings. The lowest BCUT2D eigenvalue weighted by Gasteiger charge is -2.25. The Hall–Kier alpha value is -0.910. The average molecular weight is 296 g/mol. The summed E-state index contributed by atoms with van der Waals surface area (Å²) in [7, 11) is -1.69. The molecule has 0 radical (unpaired) electrons. The lowest BCUT2D eigenvalue weighted by Crippen LogP contribution is -2.38. The van der Waals surface area contributed by atoms with Crippen LogP contribution < -0.4 is 5.32 Å². The molecule has 2 rings (SSSR count). The van der Waals surface area contributed by atoms with Crippen molar-refractivity contribution in [3.8, 4) is 0 Å². The van der Waals surface area contributed by atoms with Gasteiger partial charge in [-0.05, 0) is 44.9 Å². The van der Waals surface area contributed by atoms with Gasteiger partial charge in [-0.2, -0.15) is 0 Å². The Morgan fingerprint density at radius 1 is 1.25 bits per heavy atom. The summed E-state index contributed by atoms with van der Waals surface area (Å²) in [6.07, 6.45) is 4.50. The molecular weight excluding hydrogens is 272 g/mol. The van der Waals surface area contributed by atoms with Crippen molar-refractivity contribution in [3.63, 3.8) is 0 Å². The number of nitrogens with one attached hydrogen (secondary N) is 1. The molecule has 1 unspecified atom stereocenters. The molecule has 0 bridgehead atoms. The molecule has 1 aromatic carbocycles. The van der Waals surface area contributed by atoms with Crippen molar-refractivity contribution in [1.82, 2.24) is 9.62 Å². The molecule has 1 atom stereocenters. The summed E-state index contributed by atoms with van der Waals surface area (Å²) < 4.78 is 26.3. The summed E-state index contributed by atoms with van der Waals surface area (Å²) in [5, 5.41) is 3.45. The first kappa shape index (κ1) is 15.5. The van der Waals surface area contributed by atoms with Crippen LogP contribution in [0, 0.1) is 6.92 Å². The maximum absolute atomic E-state index is 12.4. The molecule has 0 aliphatic carbocycles. The van der Waals surface area contributed by atoms with E-state index in [-0.39, 0.29) is 0 Å². The van der Waals surface area contributed by atoms with Crippen LogP contribution in [0.3, 0.4) is 0 Å². The van der Waals surface area contributed by atoms with Gasteiger partial charge < -0.3 is 5.32 Å². The quantitative estimate of drug-likeness (QED) is 0.906. The molecule has 0 saturated carbocycles. The predicted octanol–water partition coefficient (Wildman–Crippen LogP) is 2.15. The fraction of sp³-hybridized carbons (Fsp3) is 0.600. The third-order valence-electron chi connectivity index (χ3n) is 3.93. The first-order valence-corrected chi connectivity index (χ1v) is 8.70. The van der Waals surface area contributed by atoms with E-state index in [2.05, 4.69) is 5.32 Å². The molecule has 1 fully saturated rings. The van der Waals surface area contributed by atoms with Crippen molar-refractivity contribution >= 4 is 10.0 Å². The summed E-state index contributed by atoms with van der Waals surface area (Å²) in [6.45, 7) is 3.57. The van der Waals surface area contributed by atoms with E-state index in [1.54, 1.807) is 19.2 Å². The molecule has 1 heterocycles. The highest BCUT2D eigenvalue weighted by atomic mass is 32.2. The molecule has 20 heavy (non-hydrogen) atoms. The smallest absolute Gasteiger partial charge is 0.242 e. The fourth-order valence-corrected chi connectivity index (χ4v) is 3.70. The second kappa shape index (κ2) is 6.70. The third kappa shape index (κ3) is 3.81. The van der Waals surface area contributed by atoms with Crippen molar-refractivity contribution in [2.24, 2.45) is 0 Å². The minimum Gasteiger partial charge on any atom is -0.314 e. The minimum absolute atomic E-state index is 0.377. The van der Waals surface area contributed by atoms with Gasteiger partial charge in [-0.25, -0.2) is 12.7 Å². The highest BCUT2D eigenvalue weighted by Gasteiger charge is 2.22. The number of benzene rings is 1. The second-order valence-corrected chi connectivity index (χ2v) is 7.62. The Morgan fingerprint density at radius 3 is 2.55 bits per heavy atom. The monoisotopic (exact) mass is 296 g/mol. The Balaban J connectivity index is 1.96. The summed E-state index contributed by atoms with van der Waals surface area (Å²) >= 11 is 0. The molecule has 1 aliphatic rings. The second-order valence-electron chi connectivity index (χ2n) is 5.58. The largest absolute Gasteiger partial charge is 0.314 e. The normalized spacial score (nSPS) is 20.2. The molecular formula is C15H24N2O2S. The summed E-state index contributed by atoms with van der Waals surface area (Å²) in [6, 6.07) is 7.49. The van der Waals surface area contributed by atoms with E-state index < -0.39 is 10.0 Å². The Labute approximate surface area is 122 Å². The van der Waals surface area contributed by atoms with Gasteiger partial charge in [0.15, 0.2) is 0 Å². The summed E-state index contributed by atoms with van der Waals surface area (Å²) in [5.41, 5.74) is 1.07. The summed E-state index contributed by atoms with van der Waals surface area (Å²) in [5.74, 6) is 0. The number of nitrogens with zero attached hydrogens (tertiary/aromatic N) is 1. The van der Waals surface area contributed by atoms with Crippen LogP contribution in [0.25, 0.3) is 0 Å². The Bertz CT molecular complexity index is 519. The van der Waals surface area contributed by atoms with Crippen LogP contribution >= 0.6 is 0 Å². The molecule has 1 N–H and O–H groups in total. The lowest BCUT2D eigenvalue weighted by atomic mass is 10.0. The van der Waals surface area contributed by atoms with Crippen LogP contribution in [0.2, 0.25) is 0 Å². The number of sulfonamides is 1. The van der Waals surface area contributed by atoms with Crippen molar-refractivity contribution < 1.29 is 8.42 Å². The van der Waals surface area contributed by atoms with E-state index in [0.717, 1.165) is 24.9 Å². The maximum Gasteiger partial charge on any atom is 0.242 e. The van der Waals surface area contributed by atoms with Crippen molar-refractivity contribution in [3.05, 3.63) is 29.8 Å². The predicted molar refractivity (Wildman–Crippen MR) is 81.3 cm³/mol. The molecule has 1 aliphatic heterocycles. The van der Waals surface area contributed by atoms with E-state index in [1.807, 2.05) is 19.1 Å². The first-order chi connectivity index (χ1) is 9.50. The number of rotatable bonds is 5. The molecule has 0 aromatic heterocycles. The van der Waals surface area contributed by atoms with Gasteiger partial charge in [0.25, 0.3) is 0 Å². The number of hydrogen-bond acceptors (Lipinski definition) is 3. The first-order valence-electron chi connectivity index (χ1n) is 7.26. The number of piperidine rings is 1. The van der Waals surface area contributed by atoms with Crippen LogP contribution in [0.5, 0.6) is 0 Å². The van der Waals surface area contributed by atoms with Gasteiger partial charge in [-0.15, -0.1) is 0 Å². The Morgan fingerprint density at radius 2 is 1.95 bits per heavy atom. The van der Waals surface area contributed by atoms with Gasteiger partial charge in [0.2, 0.25) is 10.0 Å². The van der Waals surface area contributed by atoms with Gasteiger partial charge in [0.1, 0.15) is 0 Å². The van der Waals surface area contributed by atoms with E-state index in [9.17, 15) is 8.42 Å². The highest BCUT2D eigenvalue weighted by molar-refractivity contribution is 7.89. The molecule has 112 valence electrons. The maximum atomic E-state index is 12.4. The SMILES string of the molecule is Cc1ccc(S(=O)(=O)N(C)CCC2CCCCN2)cc1. The van der Waals surface area contributed by atoms with E-state index in [4.69, 9.17) is 0 Å². The third-order valence-corrected chi connectivity index (χ3v) is 5.81. The zero-order chi connectivity index (χ0) is 14.6. The van der Waals surface area contributed by atoms with E-state index in [0.29, 0.717) is 17.5 Å². The lowest BCUT2D eigenvalue weighted by molar-refractivity contribution is 0.351. The van der Waals surface area contributed by atoms with Gasteiger partial charge in [0, 0.05) is 19.6 Å². The van der Waals surface area contributed by atoms with Crippen LogP contribution in [0.15, 0.2) is 29.2 Å². The van der Waals surface area contributed by atoms with Crippen LogP contribution in [0.4, 0.5) is 0 Å². The van der Waals surface area contributed by atoms with Gasteiger partial charge in [-0.1, -0.05) is 24.1 Å². The molecule has 0 amide bonds. The molecule has 1 saturated heterocycles. The average Bonchev–Trinajstić information content (AvgIpc) is 2.46. The number of aryl methyl sites for hydroxylation is 1. The molecule has 0 spiro atoms. The van der Waals surface area contributed by atoms with Crippen LogP contribution in [0.1, 0.15) is 31.2 Å². The summed E-state index contributed by atoms with van der Waals surface area (Å²) in [4.78, 5) is 0.377. The van der Waals surface area contributed by atoms with Crippen molar-refractivity contribution in [2.45, 2.75) is 43.5 Å². The van der Waals surface area contributed by atoms with Gasteiger partial charge in [0.05, 0.1) is 4.90 Å². The number of hydrogen-bond donors (Lipinski definition) is 1. The standard InChI is InChI=1S/C15H24N2O2S/c1-13-6-8-15(9-7-13)20(18,19)17(2)12-10-14-5-3-4-11-16-14/h6-9,14,16H,3-5,10-12H2,1-2H3. The molecule has 4 nitrogen and oxygen atoms in total. The zero-order valence-electron chi connectivity index (χ0n) is 12.3. The van der Waals surface area contributed by atoms with Crippen molar-refractivity contribution in [1.29, 1.82) is 0 Å². The minimum atomic E-state index is -3.35.